The van der Waals surface area contributed by atoms with Gasteiger partial charge in [-0.25, -0.2) is 28.3 Å². The molecule has 4 N–H and O–H groups in total. The number of amides is 3. The van der Waals surface area contributed by atoms with Crippen LogP contribution < -0.4 is 25.2 Å². The van der Waals surface area contributed by atoms with Crippen LogP contribution in [0.2, 0.25) is 0 Å². The van der Waals surface area contributed by atoms with Crippen molar-refractivity contribution >= 4 is 45.8 Å². The van der Waals surface area contributed by atoms with E-state index >= 15 is 0 Å². The Hall–Kier alpha value is -4.57. The van der Waals surface area contributed by atoms with E-state index in [0.29, 0.717) is 48.0 Å². The number of hydrogen-bond acceptors (Lipinski definition) is 10. The van der Waals surface area contributed by atoms with Gasteiger partial charge in [0, 0.05) is 36.5 Å². The van der Waals surface area contributed by atoms with E-state index < -0.39 is 58.6 Å². The number of rotatable bonds is 6. The van der Waals surface area contributed by atoms with Gasteiger partial charge in [0.25, 0.3) is 5.91 Å². The predicted octanol–water partition coefficient (Wildman–Crippen LogP) is 5.66. The fourth-order valence-electron chi connectivity index (χ4n) is 5.90. The van der Waals surface area contributed by atoms with Crippen LogP contribution in [0.25, 0.3) is 10.6 Å². The molecular weight excluding hydrogens is 662 g/mol. The summed E-state index contributed by atoms with van der Waals surface area (Å²) < 4.78 is 40.9. The number of nitrogens with zero attached hydrogens (tertiary/aromatic N) is 4. The number of carbonyl (C=O) groups excluding carboxylic acids is 2. The summed E-state index contributed by atoms with van der Waals surface area (Å²) in [5.74, 6) is -2.67. The summed E-state index contributed by atoms with van der Waals surface area (Å²) in [7, 11) is 0. The summed E-state index contributed by atoms with van der Waals surface area (Å²) in [5, 5.41) is 26.4. The van der Waals surface area contributed by atoms with Gasteiger partial charge in [-0.05, 0) is 53.7 Å². The molecule has 1 fully saturated rings. The third-order valence-electron chi connectivity index (χ3n) is 7.95. The average molecular weight is 703 g/mol. The normalized spacial score (nSPS) is 19.1. The van der Waals surface area contributed by atoms with E-state index in [-0.39, 0.29) is 33.9 Å². The quantitative estimate of drug-likeness (QED) is 0.252. The van der Waals surface area contributed by atoms with Crippen molar-refractivity contribution in [2.45, 2.75) is 78.2 Å². The number of alkyl carbamates (subject to hydrolysis) is 1. The predicted molar refractivity (Wildman–Crippen MR) is 180 cm³/mol. The lowest BCUT2D eigenvalue weighted by Crippen LogP contribution is -2.59. The monoisotopic (exact) mass is 702 g/mol. The van der Waals surface area contributed by atoms with E-state index in [1.807, 2.05) is 11.8 Å². The zero-order valence-corrected chi connectivity index (χ0v) is 29.1. The topological polar surface area (TPSA) is 166 Å². The first kappa shape index (κ1) is 35.7. The molecule has 3 atom stereocenters. The summed E-state index contributed by atoms with van der Waals surface area (Å²) in [5.41, 5.74) is -1.24. The van der Waals surface area contributed by atoms with Gasteiger partial charge in [-0.15, -0.1) is 0 Å². The van der Waals surface area contributed by atoms with Gasteiger partial charge >= 0.3 is 12.2 Å². The molecule has 49 heavy (non-hydrogen) atoms. The number of carboxylic acid groups (broad SMARTS) is 1. The highest BCUT2D eigenvalue weighted by Crippen LogP contribution is 2.43. The first-order valence-electron chi connectivity index (χ1n) is 15.7. The number of piperidine rings is 1. The standard InChI is InChI=1S/C33H40F2N6O7S/c1-16-14-40(15-21(25(16)42)38-30(44)48-33(5,6)7)24-17-11-12-47-27(17)36-13-20(24)37-26(43)23-29(41(31(45)46)32(2,3)4)49-28(39-23)22-18(34)9-8-10-19(22)35/h8-10,13,16,21,25,42H,11-12,14-15H2,1-7H3,(H,37,43)(H,38,44)(H,45,46)/t16-,21+,25+/m0/s1. The number of anilines is 3. The lowest BCUT2D eigenvalue weighted by molar-refractivity contribution is 0.0303. The van der Waals surface area contributed by atoms with Crippen LogP contribution in [0.4, 0.5) is 34.7 Å². The van der Waals surface area contributed by atoms with Crippen molar-refractivity contribution in [3.63, 3.8) is 0 Å². The molecule has 2 aliphatic heterocycles. The molecule has 0 spiro atoms. The van der Waals surface area contributed by atoms with Crippen molar-refractivity contribution in [2.75, 3.05) is 34.8 Å². The molecule has 0 unspecified atom stereocenters. The average Bonchev–Trinajstić information content (AvgIpc) is 3.61. The number of ether oxygens (including phenoxy) is 2. The van der Waals surface area contributed by atoms with Crippen LogP contribution in [0.15, 0.2) is 24.4 Å². The molecule has 0 bridgehead atoms. The fourth-order valence-corrected chi connectivity index (χ4v) is 7.20. The van der Waals surface area contributed by atoms with Crippen LogP contribution in [-0.4, -0.2) is 81.3 Å². The highest BCUT2D eigenvalue weighted by molar-refractivity contribution is 7.19. The number of nitrogens with one attached hydrogen (secondary N) is 2. The van der Waals surface area contributed by atoms with E-state index in [1.165, 1.54) is 12.3 Å². The minimum atomic E-state index is -1.40. The maximum absolute atomic E-state index is 14.9. The summed E-state index contributed by atoms with van der Waals surface area (Å²) >= 11 is 0.673. The van der Waals surface area contributed by atoms with Crippen molar-refractivity contribution in [1.82, 2.24) is 15.3 Å². The van der Waals surface area contributed by atoms with Crippen LogP contribution >= 0.6 is 11.3 Å². The number of benzene rings is 1. The van der Waals surface area contributed by atoms with E-state index in [4.69, 9.17) is 9.47 Å². The van der Waals surface area contributed by atoms with Crippen LogP contribution in [0.5, 0.6) is 5.88 Å². The maximum Gasteiger partial charge on any atom is 0.413 e. The molecule has 1 saturated heterocycles. The molecule has 2 aromatic heterocycles. The Morgan fingerprint density at radius 3 is 2.41 bits per heavy atom. The number of aliphatic hydroxyl groups excluding tert-OH is 1. The van der Waals surface area contributed by atoms with Crippen molar-refractivity contribution < 1.29 is 42.9 Å². The number of aromatic nitrogens is 2. The molecular formula is C33H40F2N6O7S. The maximum atomic E-state index is 14.9. The lowest BCUT2D eigenvalue weighted by atomic mass is 9.91. The number of pyridine rings is 1. The minimum absolute atomic E-state index is 0.134. The zero-order valence-electron chi connectivity index (χ0n) is 28.3. The molecule has 0 saturated carbocycles. The van der Waals surface area contributed by atoms with E-state index in [9.17, 15) is 33.4 Å². The lowest BCUT2D eigenvalue weighted by Gasteiger charge is -2.42. The van der Waals surface area contributed by atoms with Crippen LogP contribution in [-0.2, 0) is 11.2 Å². The second-order valence-corrected chi connectivity index (χ2v) is 15.0. The van der Waals surface area contributed by atoms with Crippen LogP contribution in [0.3, 0.4) is 0 Å². The number of fused-ring (bicyclic) bond motifs is 1. The molecule has 0 radical (unpaired) electrons. The Morgan fingerprint density at radius 1 is 1.12 bits per heavy atom. The fraction of sp³-hybridized carbons (Fsp3) is 0.485. The highest BCUT2D eigenvalue weighted by Gasteiger charge is 2.39. The molecule has 0 aliphatic carbocycles. The van der Waals surface area contributed by atoms with E-state index in [1.54, 1.807) is 41.5 Å². The van der Waals surface area contributed by atoms with Crippen LogP contribution in [0, 0.1) is 17.6 Å². The third kappa shape index (κ3) is 7.54. The smallest absolute Gasteiger partial charge is 0.413 e. The van der Waals surface area contributed by atoms with Crippen LogP contribution in [0.1, 0.15) is 64.5 Å². The molecule has 3 amide bonds. The summed E-state index contributed by atoms with van der Waals surface area (Å²) in [6, 6.07) is 2.54. The van der Waals surface area contributed by atoms with Gasteiger partial charge in [0.1, 0.15) is 27.2 Å². The first-order valence-corrected chi connectivity index (χ1v) is 16.5. The molecule has 3 aromatic rings. The third-order valence-corrected chi connectivity index (χ3v) is 9.01. The van der Waals surface area contributed by atoms with Gasteiger partial charge < -0.3 is 35.2 Å². The van der Waals surface area contributed by atoms with Crippen molar-refractivity contribution in [3.05, 3.63) is 47.3 Å². The minimum Gasteiger partial charge on any atom is -0.477 e. The number of aliphatic hydroxyl groups is 1. The molecule has 16 heteroatoms. The van der Waals surface area contributed by atoms with Crippen molar-refractivity contribution in [3.8, 4) is 16.5 Å². The van der Waals surface area contributed by atoms with Gasteiger partial charge in [-0.2, -0.15) is 0 Å². The van der Waals surface area contributed by atoms with Gasteiger partial charge in [-0.1, -0.05) is 24.3 Å². The largest absolute Gasteiger partial charge is 0.477 e. The Balaban J connectivity index is 1.56. The summed E-state index contributed by atoms with van der Waals surface area (Å²) in [4.78, 5) is 50.8. The van der Waals surface area contributed by atoms with E-state index in [2.05, 4.69) is 20.6 Å². The van der Waals surface area contributed by atoms with Gasteiger partial charge in [0.05, 0.1) is 41.9 Å². The Morgan fingerprint density at radius 2 is 1.80 bits per heavy atom. The number of hydrogen-bond donors (Lipinski definition) is 4. The number of halogens is 2. The first-order chi connectivity index (χ1) is 22.9. The number of carbonyl (C=O) groups is 3. The zero-order chi connectivity index (χ0) is 36.0. The van der Waals surface area contributed by atoms with Gasteiger partial charge in [-0.3, -0.25) is 9.69 Å². The molecule has 13 nitrogen and oxygen atoms in total. The summed E-state index contributed by atoms with van der Waals surface area (Å²) in [6.07, 6.45) is -1.14. The second kappa shape index (κ2) is 13.4. The highest BCUT2D eigenvalue weighted by atomic mass is 32.1. The van der Waals surface area contributed by atoms with E-state index in [0.717, 1.165) is 17.0 Å². The second-order valence-electron chi connectivity index (χ2n) is 14.0. The van der Waals surface area contributed by atoms with Crippen molar-refractivity contribution in [2.24, 2.45) is 5.92 Å². The molecule has 1 aromatic carbocycles. The molecule has 5 rings (SSSR count). The Labute approximate surface area is 286 Å². The molecule has 264 valence electrons. The molecule has 4 heterocycles. The molecule has 2 aliphatic rings. The van der Waals surface area contributed by atoms with Gasteiger partial charge in [0.15, 0.2) is 5.69 Å². The van der Waals surface area contributed by atoms with Gasteiger partial charge in [0.2, 0.25) is 5.88 Å². The Bertz CT molecular complexity index is 1750. The Kier molecular flexibility index (Phi) is 9.76. The number of thiazole rings is 1. The van der Waals surface area contributed by atoms with Crippen molar-refractivity contribution in [1.29, 1.82) is 0 Å². The SMILES string of the molecule is C[C@H]1CN(c2c(NC(=O)c3nc(-c4c(F)cccc4F)sc3N(C(=O)O)C(C)(C)C)cnc3c2CCO3)C[C@@H](NC(=O)OC(C)(C)C)[C@@H]1O. The summed E-state index contributed by atoms with van der Waals surface area (Å²) in [6.45, 7) is 12.7.